The van der Waals surface area contributed by atoms with E-state index in [2.05, 4.69) is 5.32 Å². The van der Waals surface area contributed by atoms with E-state index < -0.39 is 5.82 Å². The minimum atomic E-state index is -0.634. The van der Waals surface area contributed by atoms with Crippen molar-refractivity contribution in [2.24, 2.45) is 0 Å². The third kappa shape index (κ3) is 3.17. The maximum absolute atomic E-state index is 13.4. The summed E-state index contributed by atoms with van der Waals surface area (Å²) in [6.45, 7) is 3.83. The van der Waals surface area contributed by atoms with Crippen LogP contribution in [-0.4, -0.2) is 5.11 Å². The Morgan fingerprint density at radius 1 is 1.15 bits per heavy atom. The van der Waals surface area contributed by atoms with Gasteiger partial charge in [-0.25, -0.2) is 4.39 Å². The Kier molecular flexibility index (Phi) is 4.41. The molecule has 0 amide bonds. The molecule has 2 rings (SSSR count). The van der Waals surface area contributed by atoms with Gasteiger partial charge in [-0.1, -0.05) is 40.9 Å². The Labute approximate surface area is 127 Å². The standard InChI is InChI=1S/C15H14Cl2FNO/c1-8-3-4-14(20)11(5-8)9(2)19-10-6-12(16)15(18)13(17)7-10/h3-7,9,19-20H,1-2H3. The van der Waals surface area contributed by atoms with Crippen LogP contribution in [0, 0.1) is 12.7 Å². The lowest BCUT2D eigenvalue weighted by molar-refractivity contribution is 0.465. The quantitative estimate of drug-likeness (QED) is 0.752. The predicted molar refractivity (Wildman–Crippen MR) is 81.3 cm³/mol. The van der Waals surface area contributed by atoms with Crippen molar-refractivity contribution in [3.8, 4) is 5.75 Å². The third-order valence-corrected chi connectivity index (χ3v) is 3.57. The maximum Gasteiger partial charge on any atom is 0.160 e. The van der Waals surface area contributed by atoms with Crippen LogP contribution >= 0.6 is 23.2 Å². The molecule has 0 radical (unpaired) electrons. The van der Waals surface area contributed by atoms with Gasteiger partial charge >= 0.3 is 0 Å². The van der Waals surface area contributed by atoms with Crippen LogP contribution in [0.25, 0.3) is 0 Å². The Morgan fingerprint density at radius 2 is 1.75 bits per heavy atom. The molecule has 0 saturated heterocycles. The first-order valence-corrected chi connectivity index (χ1v) is 6.84. The lowest BCUT2D eigenvalue weighted by Crippen LogP contribution is -2.07. The fraction of sp³-hybridized carbons (Fsp3) is 0.200. The lowest BCUT2D eigenvalue weighted by atomic mass is 10.0. The summed E-state index contributed by atoms with van der Waals surface area (Å²) in [7, 11) is 0. The van der Waals surface area contributed by atoms with Crippen LogP contribution in [0.1, 0.15) is 24.1 Å². The average Bonchev–Trinajstić information content (AvgIpc) is 2.38. The van der Waals surface area contributed by atoms with Crippen molar-refractivity contribution in [2.75, 3.05) is 5.32 Å². The van der Waals surface area contributed by atoms with Crippen molar-refractivity contribution in [1.29, 1.82) is 0 Å². The second-order valence-electron chi connectivity index (χ2n) is 4.68. The molecule has 5 heteroatoms. The molecule has 0 saturated carbocycles. The predicted octanol–water partition coefficient (Wildman–Crippen LogP) is 5.32. The number of anilines is 1. The maximum atomic E-state index is 13.4. The first-order valence-electron chi connectivity index (χ1n) is 6.09. The summed E-state index contributed by atoms with van der Waals surface area (Å²) in [5.41, 5.74) is 2.39. The SMILES string of the molecule is Cc1ccc(O)c(C(C)Nc2cc(Cl)c(F)c(Cl)c2)c1. The number of nitrogens with one attached hydrogen (secondary N) is 1. The second kappa shape index (κ2) is 5.90. The number of rotatable bonds is 3. The molecular formula is C15H14Cl2FNO. The fourth-order valence-electron chi connectivity index (χ4n) is 1.99. The highest BCUT2D eigenvalue weighted by molar-refractivity contribution is 6.35. The summed E-state index contributed by atoms with van der Waals surface area (Å²) in [4.78, 5) is 0. The van der Waals surface area contributed by atoms with Crippen LogP contribution in [-0.2, 0) is 0 Å². The number of phenols is 1. The van der Waals surface area contributed by atoms with Crippen molar-refractivity contribution in [2.45, 2.75) is 19.9 Å². The molecule has 0 aliphatic carbocycles. The fourth-order valence-corrected chi connectivity index (χ4v) is 2.47. The summed E-state index contributed by atoms with van der Waals surface area (Å²) >= 11 is 11.5. The number of aryl methyl sites for hydroxylation is 1. The van der Waals surface area contributed by atoms with Crippen LogP contribution < -0.4 is 5.32 Å². The Hall–Kier alpha value is -1.45. The zero-order chi connectivity index (χ0) is 14.9. The summed E-state index contributed by atoms with van der Waals surface area (Å²) < 4.78 is 13.4. The van der Waals surface area contributed by atoms with Gasteiger partial charge in [0.1, 0.15) is 5.75 Å². The number of benzene rings is 2. The first-order chi connectivity index (χ1) is 9.38. The molecule has 2 N–H and O–H groups in total. The van der Waals surface area contributed by atoms with Gasteiger partial charge in [0.2, 0.25) is 0 Å². The Morgan fingerprint density at radius 3 is 2.35 bits per heavy atom. The van der Waals surface area contributed by atoms with E-state index in [9.17, 15) is 9.50 Å². The molecule has 1 atom stereocenters. The smallest absolute Gasteiger partial charge is 0.160 e. The van der Waals surface area contributed by atoms with Gasteiger partial charge in [-0.3, -0.25) is 0 Å². The van der Waals surface area contributed by atoms with Gasteiger partial charge in [-0.05, 0) is 32.0 Å². The van der Waals surface area contributed by atoms with E-state index in [0.717, 1.165) is 11.1 Å². The summed E-state index contributed by atoms with van der Waals surface area (Å²) in [5.74, 6) is -0.431. The van der Waals surface area contributed by atoms with Gasteiger partial charge in [-0.15, -0.1) is 0 Å². The van der Waals surface area contributed by atoms with Crippen molar-refractivity contribution in [3.05, 3.63) is 57.3 Å². The second-order valence-corrected chi connectivity index (χ2v) is 5.50. The molecule has 0 fully saturated rings. The monoisotopic (exact) mass is 313 g/mol. The van der Waals surface area contributed by atoms with Gasteiger partial charge in [0.05, 0.1) is 16.1 Å². The molecule has 0 spiro atoms. The van der Waals surface area contributed by atoms with Crippen molar-refractivity contribution in [1.82, 2.24) is 0 Å². The zero-order valence-electron chi connectivity index (χ0n) is 11.0. The number of hydrogen-bond donors (Lipinski definition) is 2. The summed E-state index contributed by atoms with van der Waals surface area (Å²) in [6, 6.07) is 8.12. The van der Waals surface area contributed by atoms with Gasteiger partial charge in [0, 0.05) is 11.3 Å². The van der Waals surface area contributed by atoms with Crippen molar-refractivity contribution < 1.29 is 9.50 Å². The topological polar surface area (TPSA) is 32.3 Å². The van der Waals surface area contributed by atoms with Crippen LogP contribution in [0.15, 0.2) is 30.3 Å². The normalized spacial score (nSPS) is 12.2. The number of halogens is 3. The van der Waals surface area contributed by atoms with Crippen LogP contribution in [0.5, 0.6) is 5.75 Å². The molecule has 0 heterocycles. The molecule has 0 aliphatic heterocycles. The van der Waals surface area contributed by atoms with E-state index in [1.807, 2.05) is 26.0 Å². The molecule has 2 nitrogen and oxygen atoms in total. The van der Waals surface area contributed by atoms with E-state index in [4.69, 9.17) is 23.2 Å². The molecule has 0 aliphatic rings. The Balaban J connectivity index is 2.27. The minimum absolute atomic E-state index is 0.0411. The molecule has 106 valence electrons. The first kappa shape index (κ1) is 14.9. The van der Waals surface area contributed by atoms with Crippen molar-refractivity contribution >= 4 is 28.9 Å². The minimum Gasteiger partial charge on any atom is -0.508 e. The molecule has 1 unspecified atom stereocenters. The van der Waals surface area contributed by atoms with Gasteiger partial charge < -0.3 is 10.4 Å². The van der Waals surface area contributed by atoms with Crippen LogP contribution in [0.2, 0.25) is 10.0 Å². The van der Waals surface area contributed by atoms with E-state index in [0.29, 0.717) is 5.69 Å². The van der Waals surface area contributed by atoms with E-state index >= 15 is 0 Å². The van der Waals surface area contributed by atoms with Crippen LogP contribution in [0.4, 0.5) is 10.1 Å². The zero-order valence-corrected chi connectivity index (χ0v) is 12.6. The van der Waals surface area contributed by atoms with E-state index in [1.165, 1.54) is 12.1 Å². The van der Waals surface area contributed by atoms with Gasteiger partial charge in [0.15, 0.2) is 5.82 Å². The van der Waals surface area contributed by atoms with Crippen molar-refractivity contribution in [3.63, 3.8) is 0 Å². The highest BCUT2D eigenvalue weighted by Crippen LogP contribution is 2.31. The van der Waals surface area contributed by atoms with E-state index in [1.54, 1.807) is 6.07 Å². The van der Waals surface area contributed by atoms with E-state index in [-0.39, 0.29) is 21.8 Å². The number of phenolic OH excluding ortho intramolecular Hbond substituents is 1. The molecular weight excluding hydrogens is 300 g/mol. The molecule has 2 aromatic rings. The Bertz CT molecular complexity index is 623. The molecule has 20 heavy (non-hydrogen) atoms. The largest absolute Gasteiger partial charge is 0.508 e. The lowest BCUT2D eigenvalue weighted by Gasteiger charge is -2.18. The van der Waals surface area contributed by atoms with Gasteiger partial charge in [-0.2, -0.15) is 0 Å². The third-order valence-electron chi connectivity index (χ3n) is 3.02. The number of hydrogen-bond acceptors (Lipinski definition) is 2. The van der Waals surface area contributed by atoms with Crippen LogP contribution in [0.3, 0.4) is 0 Å². The number of aromatic hydroxyl groups is 1. The molecule has 0 bridgehead atoms. The molecule has 0 aromatic heterocycles. The summed E-state index contributed by atoms with van der Waals surface area (Å²) in [5, 5.41) is 12.9. The summed E-state index contributed by atoms with van der Waals surface area (Å²) in [6.07, 6.45) is 0. The average molecular weight is 314 g/mol. The highest BCUT2D eigenvalue weighted by atomic mass is 35.5. The van der Waals surface area contributed by atoms with Gasteiger partial charge in [0.25, 0.3) is 0 Å². The highest BCUT2D eigenvalue weighted by Gasteiger charge is 2.13. The molecule has 2 aromatic carbocycles.